The van der Waals surface area contributed by atoms with Crippen molar-refractivity contribution in [2.24, 2.45) is 5.92 Å². The van der Waals surface area contributed by atoms with Gasteiger partial charge in [-0.25, -0.2) is 4.98 Å². The summed E-state index contributed by atoms with van der Waals surface area (Å²) >= 11 is 6.10. The molecule has 0 bridgehead atoms. The maximum Gasteiger partial charge on any atom is 0.145 e. The predicted octanol–water partition coefficient (Wildman–Crippen LogP) is 3.70. The number of nitrogens with one attached hydrogen (secondary N) is 1. The van der Waals surface area contributed by atoms with Crippen LogP contribution in [0.25, 0.3) is 0 Å². The van der Waals surface area contributed by atoms with Gasteiger partial charge < -0.3 is 11.1 Å². The van der Waals surface area contributed by atoms with E-state index in [1.807, 2.05) is 0 Å². The Hall–Kier alpha value is -0.960. The van der Waals surface area contributed by atoms with Crippen LogP contribution in [-0.4, -0.2) is 11.0 Å². The van der Waals surface area contributed by atoms with Gasteiger partial charge in [0, 0.05) is 6.04 Å². The molecule has 1 heterocycles. The van der Waals surface area contributed by atoms with Crippen molar-refractivity contribution in [2.45, 2.75) is 45.1 Å². The van der Waals surface area contributed by atoms with E-state index < -0.39 is 0 Å². The highest BCUT2D eigenvalue weighted by atomic mass is 35.5. The molecule has 17 heavy (non-hydrogen) atoms. The minimum atomic E-state index is 0.506. The lowest BCUT2D eigenvalue weighted by molar-refractivity contribution is 0.330. The number of nitrogens with zero attached hydrogens (tertiary/aromatic N) is 1. The zero-order valence-corrected chi connectivity index (χ0v) is 11.0. The molecule has 0 aromatic carbocycles. The molecule has 0 atom stereocenters. The molecular formula is C13H20ClN3. The molecule has 0 radical (unpaired) electrons. The molecule has 94 valence electrons. The van der Waals surface area contributed by atoms with Crippen molar-refractivity contribution in [3.05, 3.63) is 17.3 Å². The second-order valence-corrected chi connectivity index (χ2v) is 5.28. The molecule has 1 fully saturated rings. The maximum atomic E-state index is 6.10. The van der Waals surface area contributed by atoms with E-state index in [9.17, 15) is 0 Å². The van der Waals surface area contributed by atoms with Crippen LogP contribution >= 0.6 is 11.6 Å². The highest BCUT2D eigenvalue weighted by Crippen LogP contribution is 2.30. The third-order valence-electron chi connectivity index (χ3n) is 3.63. The van der Waals surface area contributed by atoms with Gasteiger partial charge in [0.1, 0.15) is 5.82 Å². The third-order valence-corrected chi connectivity index (χ3v) is 3.92. The summed E-state index contributed by atoms with van der Waals surface area (Å²) in [6.45, 7) is 2.27. The van der Waals surface area contributed by atoms with Gasteiger partial charge in [-0.15, -0.1) is 0 Å². The Labute approximate surface area is 108 Å². The Bertz CT molecular complexity index is 373. The van der Waals surface area contributed by atoms with Crippen molar-refractivity contribution in [1.29, 1.82) is 0 Å². The Morgan fingerprint density at radius 3 is 2.71 bits per heavy atom. The smallest absolute Gasteiger partial charge is 0.145 e. The van der Waals surface area contributed by atoms with Crippen molar-refractivity contribution < 1.29 is 0 Å². The minimum Gasteiger partial charge on any atom is -0.397 e. The lowest BCUT2D eigenvalue weighted by Crippen LogP contribution is -2.26. The van der Waals surface area contributed by atoms with Gasteiger partial charge in [0.05, 0.1) is 16.9 Å². The molecule has 3 N–H and O–H groups in total. The topological polar surface area (TPSA) is 50.9 Å². The molecule has 1 aromatic heterocycles. The van der Waals surface area contributed by atoms with E-state index in [2.05, 4.69) is 17.2 Å². The number of nitrogens with two attached hydrogens (primary N) is 1. The highest BCUT2D eigenvalue weighted by Gasteiger charge is 2.20. The maximum absolute atomic E-state index is 6.10. The van der Waals surface area contributed by atoms with Crippen molar-refractivity contribution in [1.82, 2.24) is 4.98 Å². The van der Waals surface area contributed by atoms with Gasteiger partial charge in [-0.05, 0) is 37.7 Å². The molecule has 0 saturated heterocycles. The van der Waals surface area contributed by atoms with Crippen LogP contribution in [0.2, 0.25) is 5.02 Å². The molecule has 3 nitrogen and oxygen atoms in total. The molecule has 1 saturated carbocycles. The summed E-state index contributed by atoms with van der Waals surface area (Å²) in [6.07, 6.45) is 7.97. The molecule has 1 aromatic rings. The molecule has 0 unspecified atom stereocenters. The number of aromatic nitrogens is 1. The molecule has 0 aliphatic heterocycles. The first-order valence-corrected chi connectivity index (χ1v) is 6.74. The number of anilines is 2. The Balaban J connectivity index is 1.93. The fraction of sp³-hybridized carbons (Fsp3) is 0.615. The lowest BCUT2D eigenvalue weighted by atomic mass is 9.84. The average Bonchev–Trinajstić information content (AvgIpc) is 2.34. The van der Waals surface area contributed by atoms with Crippen LogP contribution in [0.5, 0.6) is 0 Å². The number of rotatable bonds is 3. The molecule has 4 heteroatoms. The lowest BCUT2D eigenvalue weighted by Gasteiger charge is -2.29. The molecule has 2 rings (SSSR count). The Morgan fingerprint density at radius 1 is 1.41 bits per heavy atom. The fourth-order valence-corrected chi connectivity index (χ4v) is 2.70. The zero-order valence-electron chi connectivity index (χ0n) is 10.2. The van der Waals surface area contributed by atoms with Crippen LogP contribution in [0.15, 0.2) is 12.3 Å². The highest BCUT2D eigenvalue weighted by molar-refractivity contribution is 6.33. The first-order chi connectivity index (χ1) is 8.19. The van der Waals surface area contributed by atoms with E-state index in [1.165, 1.54) is 32.1 Å². The number of hydrogen-bond donors (Lipinski definition) is 2. The fourth-order valence-electron chi connectivity index (χ4n) is 2.47. The van der Waals surface area contributed by atoms with Crippen molar-refractivity contribution in [2.75, 3.05) is 11.1 Å². The van der Waals surface area contributed by atoms with E-state index in [0.29, 0.717) is 16.8 Å². The monoisotopic (exact) mass is 253 g/mol. The third kappa shape index (κ3) is 3.25. The number of pyridine rings is 1. The second-order valence-electron chi connectivity index (χ2n) is 4.87. The molecule has 1 aliphatic carbocycles. The quantitative estimate of drug-likeness (QED) is 0.864. The van der Waals surface area contributed by atoms with Crippen molar-refractivity contribution in [3.8, 4) is 0 Å². The van der Waals surface area contributed by atoms with Crippen LogP contribution in [-0.2, 0) is 0 Å². The Kier molecular flexibility index (Phi) is 4.11. The van der Waals surface area contributed by atoms with Gasteiger partial charge in [-0.3, -0.25) is 0 Å². The van der Waals surface area contributed by atoms with Crippen LogP contribution < -0.4 is 11.1 Å². The number of nitrogen functional groups attached to an aromatic ring is 1. The van der Waals surface area contributed by atoms with Crippen LogP contribution in [0.4, 0.5) is 11.5 Å². The molecule has 0 amide bonds. The number of halogens is 1. The zero-order chi connectivity index (χ0) is 12.3. The van der Waals surface area contributed by atoms with E-state index in [-0.39, 0.29) is 0 Å². The van der Waals surface area contributed by atoms with Crippen molar-refractivity contribution in [3.63, 3.8) is 0 Å². The molecule has 0 spiro atoms. The average molecular weight is 254 g/mol. The van der Waals surface area contributed by atoms with Gasteiger partial charge in [0.25, 0.3) is 0 Å². The van der Waals surface area contributed by atoms with E-state index in [4.69, 9.17) is 17.3 Å². The van der Waals surface area contributed by atoms with E-state index >= 15 is 0 Å². The summed E-state index contributed by atoms with van der Waals surface area (Å²) in [4.78, 5) is 4.24. The van der Waals surface area contributed by atoms with E-state index in [1.54, 1.807) is 12.3 Å². The van der Waals surface area contributed by atoms with E-state index in [0.717, 1.165) is 11.7 Å². The van der Waals surface area contributed by atoms with Gasteiger partial charge in [0.2, 0.25) is 0 Å². The summed E-state index contributed by atoms with van der Waals surface area (Å²) in [6, 6.07) is 2.25. The van der Waals surface area contributed by atoms with Gasteiger partial charge in [-0.1, -0.05) is 24.9 Å². The summed E-state index contributed by atoms with van der Waals surface area (Å²) in [5.74, 6) is 1.67. The normalized spacial score (nSPS) is 24.6. The van der Waals surface area contributed by atoms with Crippen LogP contribution in [0.1, 0.15) is 39.0 Å². The van der Waals surface area contributed by atoms with Gasteiger partial charge in [-0.2, -0.15) is 0 Å². The standard InChI is InChI=1S/C13H20ClN3/c1-2-9-3-5-11(6-4-9)17-13-12(14)7-10(15)8-16-13/h7-9,11H,2-6,15H2,1H3,(H,16,17). The molecule has 1 aliphatic rings. The summed E-state index contributed by atoms with van der Waals surface area (Å²) in [5.41, 5.74) is 6.23. The summed E-state index contributed by atoms with van der Waals surface area (Å²) in [7, 11) is 0. The predicted molar refractivity (Wildman–Crippen MR) is 73.3 cm³/mol. The summed E-state index contributed by atoms with van der Waals surface area (Å²) < 4.78 is 0. The largest absolute Gasteiger partial charge is 0.397 e. The SMILES string of the molecule is CCC1CCC(Nc2ncc(N)cc2Cl)CC1. The van der Waals surface area contributed by atoms with Gasteiger partial charge >= 0.3 is 0 Å². The molecular weight excluding hydrogens is 234 g/mol. The summed E-state index contributed by atoms with van der Waals surface area (Å²) in [5, 5.41) is 4.04. The number of hydrogen-bond acceptors (Lipinski definition) is 3. The van der Waals surface area contributed by atoms with Crippen LogP contribution in [0, 0.1) is 5.92 Å². The van der Waals surface area contributed by atoms with Gasteiger partial charge in [0.15, 0.2) is 0 Å². The first-order valence-electron chi connectivity index (χ1n) is 6.36. The minimum absolute atomic E-state index is 0.506. The van der Waals surface area contributed by atoms with Crippen molar-refractivity contribution >= 4 is 23.1 Å². The Morgan fingerprint density at radius 2 is 2.12 bits per heavy atom. The van der Waals surface area contributed by atoms with Crippen LogP contribution in [0.3, 0.4) is 0 Å². The second kappa shape index (κ2) is 5.58. The first kappa shape index (κ1) is 12.5.